The summed E-state index contributed by atoms with van der Waals surface area (Å²) in [5.41, 5.74) is 0. The molecule has 0 saturated carbocycles. The zero-order valence-corrected chi connectivity index (χ0v) is 9.62. The van der Waals surface area contributed by atoms with E-state index in [-0.39, 0.29) is 5.92 Å². The summed E-state index contributed by atoms with van der Waals surface area (Å²) < 4.78 is 26.6. The molecule has 1 atom stereocenters. The molecular formula is C8H16N2O4S. The van der Waals surface area contributed by atoms with Gasteiger partial charge in [0, 0.05) is 13.1 Å². The van der Waals surface area contributed by atoms with E-state index in [1.54, 1.807) is 13.8 Å². The summed E-state index contributed by atoms with van der Waals surface area (Å²) in [7, 11) is -3.61. The van der Waals surface area contributed by atoms with Crippen LogP contribution in [0.3, 0.4) is 0 Å². The average Bonchev–Trinajstić information content (AvgIpc) is 1.94. The van der Waals surface area contributed by atoms with Gasteiger partial charge in [0.1, 0.15) is 6.04 Å². The van der Waals surface area contributed by atoms with E-state index in [2.05, 4.69) is 4.72 Å². The van der Waals surface area contributed by atoms with Crippen molar-refractivity contribution >= 4 is 16.2 Å². The number of rotatable bonds is 5. The van der Waals surface area contributed by atoms with Crippen LogP contribution in [0.5, 0.6) is 0 Å². The highest BCUT2D eigenvalue weighted by atomic mass is 32.2. The number of nitrogens with zero attached hydrogens (tertiary/aromatic N) is 1. The van der Waals surface area contributed by atoms with Gasteiger partial charge < -0.3 is 5.11 Å². The summed E-state index contributed by atoms with van der Waals surface area (Å²) in [6.45, 7) is 4.27. The highest BCUT2D eigenvalue weighted by Crippen LogP contribution is 2.13. The van der Waals surface area contributed by atoms with Crippen LogP contribution in [0.15, 0.2) is 0 Å². The smallest absolute Gasteiger partial charge is 0.322 e. The second-order valence-electron chi connectivity index (χ2n) is 3.94. The van der Waals surface area contributed by atoms with Gasteiger partial charge in [0.15, 0.2) is 0 Å². The topological polar surface area (TPSA) is 86.7 Å². The maximum absolute atomic E-state index is 11.6. The summed E-state index contributed by atoms with van der Waals surface area (Å²) >= 11 is 0. The predicted molar refractivity (Wildman–Crippen MR) is 54.5 cm³/mol. The molecule has 1 saturated heterocycles. The predicted octanol–water partition coefficient (Wildman–Crippen LogP) is -0.364. The number of nitrogens with one attached hydrogen (secondary N) is 1. The molecule has 1 aliphatic heterocycles. The Hall–Kier alpha value is -0.660. The van der Waals surface area contributed by atoms with Gasteiger partial charge in [-0.05, 0) is 12.3 Å². The number of carboxylic acid groups (broad SMARTS) is 1. The summed E-state index contributed by atoms with van der Waals surface area (Å²) in [6.07, 6.45) is 0.834. The van der Waals surface area contributed by atoms with E-state index in [1.807, 2.05) is 0 Å². The lowest BCUT2D eigenvalue weighted by Gasteiger charge is -2.31. The van der Waals surface area contributed by atoms with Crippen molar-refractivity contribution in [1.29, 1.82) is 0 Å². The van der Waals surface area contributed by atoms with Crippen molar-refractivity contribution in [2.45, 2.75) is 26.3 Å². The first kappa shape index (κ1) is 12.4. The molecule has 0 aliphatic carbocycles. The third kappa shape index (κ3) is 2.90. The van der Waals surface area contributed by atoms with Crippen molar-refractivity contribution in [2.75, 3.05) is 13.1 Å². The zero-order valence-electron chi connectivity index (χ0n) is 8.80. The van der Waals surface area contributed by atoms with E-state index in [0.717, 1.165) is 6.42 Å². The monoisotopic (exact) mass is 236 g/mol. The van der Waals surface area contributed by atoms with Crippen LogP contribution < -0.4 is 4.72 Å². The first-order valence-electron chi connectivity index (χ1n) is 4.85. The fourth-order valence-electron chi connectivity index (χ4n) is 1.23. The molecule has 0 radical (unpaired) electrons. The minimum absolute atomic E-state index is 0.279. The Kier molecular flexibility index (Phi) is 3.69. The molecule has 7 heteroatoms. The molecule has 1 fully saturated rings. The van der Waals surface area contributed by atoms with Gasteiger partial charge in [-0.2, -0.15) is 17.4 Å². The minimum atomic E-state index is -3.61. The highest BCUT2D eigenvalue weighted by Gasteiger charge is 2.33. The van der Waals surface area contributed by atoms with Crippen LogP contribution in [0.25, 0.3) is 0 Å². The summed E-state index contributed by atoms with van der Waals surface area (Å²) in [4.78, 5) is 10.8. The van der Waals surface area contributed by atoms with E-state index in [4.69, 9.17) is 5.11 Å². The molecule has 2 N–H and O–H groups in total. The third-order valence-electron chi connectivity index (χ3n) is 2.36. The third-order valence-corrected chi connectivity index (χ3v) is 3.96. The molecule has 0 spiro atoms. The van der Waals surface area contributed by atoms with E-state index in [0.29, 0.717) is 13.1 Å². The zero-order chi connectivity index (χ0) is 11.6. The van der Waals surface area contributed by atoms with Crippen LogP contribution in [-0.2, 0) is 15.0 Å². The molecule has 0 amide bonds. The van der Waals surface area contributed by atoms with Crippen LogP contribution in [0, 0.1) is 5.92 Å². The summed E-state index contributed by atoms with van der Waals surface area (Å²) in [5.74, 6) is -1.42. The van der Waals surface area contributed by atoms with Gasteiger partial charge in [0.05, 0.1) is 0 Å². The van der Waals surface area contributed by atoms with Crippen LogP contribution in [0.2, 0.25) is 0 Å². The van der Waals surface area contributed by atoms with E-state index in [1.165, 1.54) is 4.31 Å². The molecule has 1 unspecified atom stereocenters. The van der Waals surface area contributed by atoms with Crippen LogP contribution in [-0.4, -0.2) is 42.9 Å². The number of carboxylic acids is 1. The van der Waals surface area contributed by atoms with Crippen molar-refractivity contribution < 1.29 is 18.3 Å². The van der Waals surface area contributed by atoms with E-state index in [9.17, 15) is 13.2 Å². The molecule has 6 nitrogen and oxygen atoms in total. The Morgan fingerprint density at radius 3 is 2.20 bits per heavy atom. The number of carbonyl (C=O) groups is 1. The first-order valence-corrected chi connectivity index (χ1v) is 6.29. The molecule has 1 rings (SSSR count). The second kappa shape index (κ2) is 4.46. The normalized spacial score (nSPS) is 19.9. The molecule has 1 heterocycles. The number of hydrogen-bond acceptors (Lipinski definition) is 3. The van der Waals surface area contributed by atoms with Gasteiger partial charge in [-0.15, -0.1) is 0 Å². The van der Waals surface area contributed by atoms with Gasteiger partial charge in [-0.1, -0.05) is 13.8 Å². The van der Waals surface area contributed by atoms with Gasteiger partial charge in [0.25, 0.3) is 10.2 Å². The Balaban J connectivity index is 2.69. The van der Waals surface area contributed by atoms with Gasteiger partial charge in [0.2, 0.25) is 0 Å². The van der Waals surface area contributed by atoms with Crippen LogP contribution in [0.4, 0.5) is 0 Å². The highest BCUT2D eigenvalue weighted by molar-refractivity contribution is 7.87. The molecule has 0 aromatic rings. The van der Waals surface area contributed by atoms with E-state index >= 15 is 0 Å². The lowest BCUT2D eigenvalue weighted by Crippen LogP contribution is -2.54. The number of aliphatic carboxylic acids is 1. The fraction of sp³-hybridized carbons (Fsp3) is 0.875. The maximum Gasteiger partial charge on any atom is 0.322 e. The summed E-state index contributed by atoms with van der Waals surface area (Å²) in [5, 5.41) is 8.83. The molecule has 1 aliphatic rings. The van der Waals surface area contributed by atoms with Crippen molar-refractivity contribution in [3.8, 4) is 0 Å². The SMILES string of the molecule is CC(C)C(NS(=O)(=O)N1CCC1)C(=O)O. The molecule has 88 valence electrons. The van der Waals surface area contributed by atoms with Crippen LogP contribution in [0.1, 0.15) is 20.3 Å². The van der Waals surface area contributed by atoms with Crippen molar-refractivity contribution in [2.24, 2.45) is 5.92 Å². The molecule has 0 bridgehead atoms. The Morgan fingerprint density at radius 2 is 1.93 bits per heavy atom. The number of hydrogen-bond donors (Lipinski definition) is 2. The lowest BCUT2D eigenvalue weighted by atomic mass is 10.1. The Bertz CT molecular complexity index is 335. The van der Waals surface area contributed by atoms with Gasteiger partial charge in [-0.3, -0.25) is 4.79 Å². The Morgan fingerprint density at radius 1 is 1.40 bits per heavy atom. The molecular weight excluding hydrogens is 220 g/mol. The fourth-order valence-corrected chi connectivity index (χ4v) is 2.82. The quantitative estimate of drug-likeness (QED) is 0.682. The largest absolute Gasteiger partial charge is 0.480 e. The first-order chi connectivity index (χ1) is 6.84. The lowest BCUT2D eigenvalue weighted by molar-refractivity contribution is -0.140. The van der Waals surface area contributed by atoms with Gasteiger partial charge >= 0.3 is 5.97 Å². The summed E-state index contributed by atoms with van der Waals surface area (Å²) in [6, 6.07) is -1.06. The van der Waals surface area contributed by atoms with Crippen molar-refractivity contribution in [1.82, 2.24) is 9.03 Å². The van der Waals surface area contributed by atoms with Crippen molar-refractivity contribution in [3.63, 3.8) is 0 Å². The Labute approximate surface area is 89.4 Å². The molecule has 15 heavy (non-hydrogen) atoms. The van der Waals surface area contributed by atoms with Crippen LogP contribution >= 0.6 is 0 Å². The second-order valence-corrected chi connectivity index (χ2v) is 5.64. The standard InChI is InChI=1S/C8H16N2O4S/c1-6(2)7(8(11)12)9-15(13,14)10-4-3-5-10/h6-7,9H,3-5H2,1-2H3,(H,11,12). The molecule has 0 aromatic heterocycles. The minimum Gasteiger partial charge on any atom is -0.480 e. The average molecular weight is 236 g/mol. The van der Waals surface area contributed by atoms with E-state index < -0.39 is 22.2 Å². The van der Waals surface area contributed by atoms with Crippen molar-refractivity contribution in [3.05, 3.63) is 0 Å². The molecule has 0 aromatic carbocycles. The maximum atomic E-state index is 11.6. The van der Waals surface area contributed by atoms with Gasteiger partial charge in [-0.25, -0.2) is 0 Å².